The molecular weight excluding hydrogens is 1080 g/mol. The van der Waals surface area contributed by atoms with Gasteiger partial charge in [-0.15, -0.1) is 0 Å². The van der Waals surface area contributed by atoms with Gasteiger partial charge < -0.3 is 30.4 Å². The van der Waals surface area contributed by atoms with Crippen LogP contribution in [0.4, 0.5) is 50.9 Å². The van der Waals surface area contributed by atoms with Crippen molar-refractivity contribution in [2.75, 3.05) is 10.6 Å². The molecule has 6 N–H and O–H groups in total. The fourth-order valence-electron chi connectivity index (χ4n) is 7.89. The highest BCUT2D eigenvalue weighted by atomic mass is 79.9. The fraction of sp³-hybridized carbons (Fsp3) is 0.268. The van der Waals surface area contributed by atoms with Crippen LogP contribution in [0.15, 0.2) is 65.7 Å². The van der Waals surface area contributed by atoms with Crippen molar-refractivity contribution < 1.29 is 68.3 Å². The first-order chi connectivity index (χ1) is 33.1. The second kappa shape index (κ2) is 18.9. The van der Waals surface area contributed by atoms with Gasteiger partial charge in [-0.1, -0.05) is 23.2 Å². The van der Waals surface area contributed by atoms with E-state index in [2.05, 4.69) is 68.0 Å². The lowest BCUT2D eigenvalue weighted by molar-refractivity contribution is -0.150. The summed E-state index contributed by atoms with van der Waals surface area (Å²) in [6.07, 6.45) is -4.58. The Morgan fingerprint density at radius 3 is 1.44 bits per heavy atom. The van der Waals surface area contributed by atoms with E-state index in [9.17, 15) is 68.3 Å². The number of carbonyl (C=O) groups excluding carboxylic acids is 6. The van der Waals surface area contributed by atoms with Crippen LogP contribution in [0.25, 0.3) is 0 Å². The summed E-state index contributed by atoms with van der Waals surface area (Å²) in [6, 6.07) is 6.47. The van der Waals surface area contributed by atoms with Gasteiger partial charge in [0.1, 0.15) is 34.4 Å². The van der Waals surface area contributed by atoms with Crippen LogP contribution in [0, 0.1) is 11.6 Å². The smallest absolute Gasteiger partial charge is 0.345 e. The maximum Gasteiger partial charge on any atom is 0.419 e. The molecule has 4 heterocycles. The highest BCUT2D eigenvalue weighted by Gasteiger charge is 2.61. The lowest BCUT2D eigenvalue weighted by Crippen LogP contribution is -2.61. The summed E-state index contributed by atoms with van der Waals surface area (Å²) in [5, 5.41) is 27.4. The average molecular weight is 1110 g/mol. The Bertz CT molecular complexity index is 3110. The number of hydrogen-bond donors (Lipinski definition) is 6. The van der Waals surface area contributed by atoms with E-state index in [-0.39, 0.29) is 43.5 Å². The molecule has 2 aromatic carbocycles. The minimum absolute atomic E-state index is 0.00952. The Morgan fingerprint density at radius 2 is 1.06 bits per heavy atom. The molecule has 2 fully saturated rings. The van der Waals surface area contributed by atoms with Gasteiger partial charge >= 0.3 is 6.18 Å². The molecule has 4 amide bonds. The van der Waals surface area contributed by atoms with Crippen molar-refractivity contribution in [1.29, 1.82) is 0 Å². The van der Waals surface area contributed by atoms with Crippen molar-refractivity contribution >= 4 is 85.7 Å². The van der Waals surface area contributed by atoms with E-state index in [1.807, 2.05) is 0 Å². The summed E-state index contributed by atoms with van der Waals surface area (Å²) >= 11 is 14.5. The van der Waals surface area contributed by atoms with Gasteiger partial charge in [0.05, 0.1) is 54.7 Å². The number of aromatic amines is 2. The van der Waals surface area contributed by atoms with Crippen LogP contribution < -0.4 is 21.3 Å². The molecule has 0 radical (unpaired) electrons. The monoisotopic (exact) mass is 1110 g/mol. The standard InChI is InChI=1S/C21H15ClF6N6O3.C20H15BrClF3N6O3/c1-34-6-10(16(35)18(37)31-19(7-20(24,25)8-19)13-5-29-33-32-13)14(21(26,27)28)15(34)17(36)30-9-2-3-12(23)11(22)4-9;1-31-6-10(14(21)15(31)17(33)27-9-2-3-12(23)11(22)4-9)16(32)18(34)28-19(7-20(24,25)8-19)13-5-26-30-29-13/h2-6H,7-8H2,1H3,(H,30,36)(H,31,37)(H,29,32,33);2-6H,7-8H2,1H3,(H,27,33)(H,28,34)(H,26,29,30). The number of alkyl halides is 7. The molecule has 0 atom stereocenters. The van der Waals surface area contributed by atoms with Crippen LogP contribution in [-0.2, 0) is 40.9 Å². The number of anilines is 2. The number of nitrogens with zero attached hydrogens (tertiary/aromatic N) is 6. The van der Waals surface area contributed by atoms with Crippen LogP contribution in [0.2, 0.25) is 10.0 Å². The van der Waals surface area contributed by atoms with Crippen molar-refractivity contribution in [3.63, 3.8) is 0 Å². The Hall–Kier alpha value is -7.07. The third kappa shape index (κ3) is 10.5. The molecule has 0 unspecified atom stereocenters. The van der Waals surface area contributed by atoms with E-state index in [1.54, 1.807) is 0 Å². The van der Waals surface area contributed by atoms with Crippen LogP contribution in [0.3, 0.4) is 0 Å². The molecule has 2 aliphatic rings. The fourth-order valence-corrected chi connectivity index (χ4v) is 8.99. The molecule has 0 spiro atoms. The summed E-state index contributed by atoms with van der Waals surface area (Å²) in [5.74, 6) is -15.3. The molecule has 18 nitrogen and oxygen atoms in total. The van der Waals surface area contributed by atoms with E-state index < -0.39 is 123 Å². The van der Waals surface area contributed by atoms with Gasteiger partial charge in [-0.25, -0.2) is 26.3 Å². The maximum absolute atomic E-state index is 14.0. The quantitative estimate of drug-likeness (QED) is 0.0403. The second-order valence-corrected chi connectivity index (χ2v) is 17.8. The van der Waals surface area contributed by atoms with Gasteiger partial charge in [-0.3, -0.25) is 28.8 Å². The average Bonchev–Trinajstić information content (AvgIpc) is 4.09. The molecule has 0 bridgehead atoms. The zero-order valence-corrected chi connectivity index (χ0v) is 38.9. The third-order valence-electron chi connectivity index (χ3n) is 11.0. The molecule has 6 aromatic rings. The summed E-state index contributed by atoms with van der Waals surface area (Å²) in [4.78, 5) is 76.6. The van der Waals surface area contributed by atoms with E-state index in [0.717, 1.165) is 37.5 Å². The molecular formula is C41H30BrCl2F9N12O6. The molecule has 8 rings (SSSR count). The number of Topliss-reactive ketones (excluding diaryl/α,β-unsaturated/α-hetero) is 2. The number of carbonyl (C=O) groups is 6. The number of hydrogen-bond acceptors (Lipinski definition) is 10. The summed E-state index contributed by atoms with van der Waals surface area (Å²) in [5.41, 5.74) is -7.51. The zero-order valence-electron chi connectivity index (χ0n) is 35.8. The summed E-state index contributed by atoms with van der Waals surface area (Å²) < 4.78 is 125. The second-order valence-electron chi connectivity index (χ2n) is 16.2. The summed E-state index contributed by atoms with van der Waals surface area (Å²) in [7, 11) is 2.50. The van der Waals surface area contributed by atoms with Gasteiger partial charge in [0.15, 0.2) is 0 Å². The number of nitrogens with one attached hydrogen (secondary N) is 6. The molecule has 71 heavy (non-hydrogen) atoms. The van der Waals surface area contributed by atoms with Crippen molar-refractivity contribution in [2.45, 2.75) is 54.8 Å². The first kappa shape index (κ1) is 51.8. The molecule has 4 aromatic heterocycles. The number of H-pyrrole nitrogens is 2. The van der Waals surface area contributed by atoms with E-state index in [0.29, 0.717) is 10.8 Å². The molecule has 374 valence electrons. The largest absolute Gasteiger partial charge is 0.419 e. The lowest BCUT2D eigenvalue weighted by atomic mass is 9.71. The number of aromatic nitrogens is 8. The third-order valence-corrected chi connectivity index (χ3v) is 12.4. The van der Waals surface area contributed by atoms with Gasteiger partial charge in [-0.2, -0.15) is 44.0 Å². The van der Waals surface area contributed by atoms with Crippen LogP contribution in [0.5, 0.6) is 0 Å². The Labute approximate surface area is 409 Å². The van der Waals surface area contributed by atoms with E-state index in [4.69, 9.17) is 23.2 Å². The lowest BCUT2D eigenvalue weighted by Gasteiger charge is -2.46. The molecule has 0 saturated heterocycles. The number of halogens is 12. The number of rotatable bonds is 12. The van der Waals surface area contributed by atoms with Crippen LogP contribution in [-0.4, -0.2) is 87.0 Å². The van der Waals surface area contributed by atoms with Gasteiger partial charge in [0.2, 0.25) is 0 Å². The van der Waals surface area contributed by atoms with Crippen molar-refractivity contribution in [3.05, 3.63) is 127 Å². The van der Waals surface area contributed by atoms with Crippen LogP contribution in [0.1, 0.15) is 84.3 Å². The SMILES string of the molecule is Cn1cc(C(=O)C(=O)NC2(c3cn[nH]n3)CC(F)(F)C2)c(Br)c1C(=O)Nc1ccc(F)c(Cl)c1.Cn1cc(C(=O)C(=O)NC2(c3cn[nH]n3)CC(F)(F)C2)c(C(F)(F)F)c1C(=O)Nc1ccc(F)c(Cl)c1. The highest BCUT2D eigenvalue weighted by Crippen LogP contribution is 2.52. The van der Waals surface area contributed by atoms with E-state index in [1.165, 1.54) is 36.1 Å². The van der Waals surface area contributed by atoms with Crippen molar-refractivity contribution in [3.8, 4) is 0 Å². The van der Waals surface area contributed by atoms with Crippen LogP contribution >= 0.6 is 39.1 Å². The van der Waals surface area contributed by atoms with Gasteiger partial charge in [0, 0.05) is 63.5 Å². The number of amides is 4. The minimum atomic E-state index is -5.28. The number of benzene rings is 2. The Morgan fingerprint density at radius 1 is 0.662 bits per heavy atom. The first-order valence-electron chi connectivity index (χ1n) is 19.9. The number of aryl methyl sites for hydroxylation is 2. The highest BCUT2D eigenvalue weighted by molar-refractivity contribution is 9.10. The zero-order chi connectivity index (χ0) is 52.2. The predicted octanol–water partition coefficient (Wildman–Crippen LogP) is 7.40. The Kier molecular flexibility index (Phi) is 13.8. The normalized spacial score (nSPS) is 16.0. The maximum atomic E-state index is 14.0. The van der Waals surface area contributed by atoms with E-state index >= 15 is 0 Å². The first-order valence-corrected chi connectivity index (χ1v) is 21.5. The Balaban J connectivity index is 0.000000209. The molecule has 2 saturated carbocycles. The van der Waals surface area contributed by atoms with Crippen molar-refractivity contribution in [2.24, 2.45) is 14.1 Å². The predicted molar refractivity (Wildman–Crippen MR) is 232 cm³/mol. The molecule has 0 aliphatic heterocycles. The van der Waals surface area contributed by atoms with Crippen molar-refractivity contribution in [1.82, 2.24) is 50.6 Å². The topological polar surface area (TPSA) is 244 Å². The van der Waals surface area contributed by atoms with Gasteiger partial charge in [0.25, 0.3) is 47.0 Å². The minimum Gasteiger partial charge on any atom is -0.345 e. The molecule has 30 heteroatoms. The number of ketones is 2. The molecule has 2 aliphatic carbocycles. The van der Waals surface area contributed by atoms with Gasteiger partial charge in [-0.05, 0) is 52.3 Å². The summed E-state index contributed by atoms with van der Waals surface area (Å²) in [6.45, 7) is 0.